The molecule has 1 amide bonds. The summed E-state index contributed by atoms with van der Waals surface area (Å²) in [6.07, 6.45) is 17.4. The second-order valence-corrected chi connectivity index (χ2v) is 9.57. The summed E-state index contributed by atoms with van der Waals surface area (Å²) in [5.41, 5.74) is 7.57. The summed E-state index contributed by atoms with van der Waals surface area (Å²) < 4.78 is 10.9. The number of ether oxygens (including phenoxy) is 2. The normalized spacial score (nSPS) is 24.9. The first-order valence-corrected chi connectivity index (χ1v) is 12.6. The molecule has 1 aromatic carbocycles. The molecule has 0 unspecified atom stereocenters. The van der Waals surface area contributed by atoms with Gasteiger partial charge in [-0.1, -0.05) is 37.6 Å². The van der Waals surface area contributed by atoms with Crippen LogP contribution in [0, 0.1) is 0 Å². The molecule has 0 saturated carbocycles. The summed E-state index contributed by atoms with van der Waals surface area (Å²) in [7, 11) is 1.70. The third-order valence-electron chi connectivity index (χ3n) is 7.23. The van der Waals surface area contributed by atoms with Crippen molar-refractivity contribution in [3.05, 3.63) is 94.4 Å². The standard InChI is InChI=1S/C30H34N2O3/c1-4-6-25-16-24(9-10-29(25)34-3)23-7-5-8-28-21(2)15-26(18-32(28)30(33)17-23)22-11-13-31(14-12-22)27-19-35-20-27/h5,7-11,15-18,27H,4,6,12-14,19-20H2,1-3H3/b7-5+,23-17+,28-8+. The van der Waals surface area contributed by atoms with E-state index in [1.165, 1.54) is 11.1 Å². The van der Waals surface area contributed by atoms with Gasteiger partial charge in [0.1, 0.15) is 5.75 Å². The minimum absolute atomic E-state index is 0.0296. The third kappa shape index (κ3) is 4.84. The molecule has 4 aliphatic heterocycles. The Labute approximate surface area is 208 Å². The van der Waals surface area contributed by atoms with E-state index in [-0.39, 0.29) is 5.91 Å². The van der Waals surface area contributed by atoms with Crippen LogP contribution in [0.15, 0.2) is 83.3 Å². The molecule has 0 bridgehead atoms. The number of fused-ring (bicyclic) bond motifs is 1. The summed E-state index contributed by atoms with van der Waals surface area (Å²) in [5.74, 6) is 0.867. The highest BCUT2D eigenvalue weighted by atomic mass is 16.5. The van der Waals surface area contributed by atoms with E-state index >= 15 is 0 Å². The maximum absolute atomic E-state index is 13.5. The fraction of sp³-hybridized carbons (Fsp3) is 0.367. The number of rotatable bonds is 6. The molecule has 4 aliphatic rings. The van der Waals surface area contributed by atoms with Gasteiger partial charge < -0.3 is 9.47 Å². The first-order valence-electron chi connectivity index (χ1n) is 12.6. The second kappa shape index (κ2) is 10.2. The molecule has 182 valence electrons. The zero-order valence-electron chi connectivity index (χ0n) is 20.9. The molecule has 1 fully saturated rings. The molecule has 1 saturated heterocycles. The largest absolute Gasteiger partial charge is 0.496 e. The van der Waals surface area contributed by atoms with Crippen molar-refractivity contribution in [1.29, 1.82) is 0 Å². The molecular weight excluding hydrogens is 436 g/mol. The van der Waals surface area contributed by atoms with Crippen molar-refractivity contribution in [2.24, 2.45) is 0 Å². The van der Waals surface area contributed by atoms with E-state index in [2.05, 4.69) is 37.0 Å². The number of nitrogens with zero attached hydrogens (tertiary/aromatic N) is 2. The predicted octanol–water partition coefficient (Wildman–Crippen LogP) is 5.19. The highest BCUT2D eigenvalue weighted by Crippen LogP contribution is 2.33. The van der Waals surface area contributed by atoms with Gasteiger partial charge >= 0.3 is 0 Å². The van der Waals surface area contributed by atoms with Gasteiger partial charge in [0.2, 0.25) is 0 Å². The van der Waals surface area contributed by atoms with Crippen molar-refractivity contribution in [2.75, 3.05) is 33.4 Å². The highest BCUT2D eigenvalue weighted by molar-refractivity contribution is 6.00. The van der Waals surface area contributed by atoms with Crippen molar-refractivity contribution in [3.63, 3.8) is 0 Å². The van der Waals surface area contributed by atoms with Crippen LogP contribution < -0.4 is 4.74 Å². The van der Waals surface area contributed by atoms with Crippen molar-refractivity contribution < 1.29 is 14.3 Å². The van der Waals surface area contributed by atoms with E-state index in [1.54, 1.807) is 18.1 Å². The summed E-state index contributed by atoms with van der Waals surface area (Å²) in [6, 6.07) is 6.73. The number of carbonyl (C=O) groups excluding carboxylic acids is 1. The Morgan fingerprint density at radius 2 is 2.03 bits per heavy atom. The Balaban J connectivity index is 1.42. The molecule has 0 aliphatic carbocycles. The second-order valence-electron chi connectivity index (χ2n) is 9.57. The van der Waals surface area contributed by atoms with Gasteiger partial charge in [-0.2, -0.15) is 0 Å². The Morgan fingerprint density at radius 1 is 1.17 bits per heavy atom. The fourth-order valence-corrected chi connectivity index (χ4v) is 5.12. The van der Waals surface area contributed by atoms with Crippen LogP contribution in [0.25, 0.3) is 5.57 Å². The fourth-order valence-electron chi connectivity index (χ4n) is 5.12. The smallest absolute Gasteiger partial charge is 0.255 e. The minimum Gasteiger partial charge on any atom is -0.496 e. The number of carbonyl (C=O) groups is 1. The lowest BCUT2D eigenvalue weighted by atomic mass is 9.93. The van der Waals surface area contributed by atoms with Crippen molar-refractivity contribution >= 4 is 11.5 Å². The van der Waals surface area contributed by atoms with Crippen LogP contribution in [0.3, 0.4) is 0 Å². The molecule has 0 atom stereocenters. The maximum Gasteiger partial charge on any atom is 0.255 e. The number of methoxy groups -OCH3 is 1. The van der Waals surface area contributed by atoms with Gasteiger partial charge in [0.25, 0.3) is 5.91 Å². The zero-order chi connectivity index (χ0) is 24.4. The lowest BCUT2D eigenvalue weighted by Gasteiger charge is -2.39. The van der Waals surface area contributed by atoms with Crippen LogP contribution in [0.5, 0.6) is 5.75 Å². The Morgan fingerprint density at radius 3 is 2.71 bits per heavy atom. The van der Waals surface area contributed by atoms with Crippen LogP contribution >= 0.6 is 0 Å². The van der Waals surface area contributed by atoms with Gasteiger partial charge in [0, 0.05) is 25.4 Å². The molecule has 1 aromatic rings. The lowest BCUT2D eigenvalue weighted by molar-refractivity contribution is -0.122. The van der Waals surface area contributed by atoms with Crippen molar-refractivity contribution in [1.82, 2.24) is 9.80 Å². The van der Waals surface area contributed by atoms with E-state index in [1.807, 2.05) is 36.6 Å². The monoisotopic (exact) mass is 470 g/mol. The molecule has 5 rings (SSSR count). The first kappa shape index (κ1) is 23.6. The Bertz CT molecular complexity index is 1190. The van der Waals surface area contributed by atoms with Crippen LogP contribution in [-0.2, 0) is 16.0 Å². The van der Waals surface area contributed by atoms with E-state index < -0.39 is 0 Å². The molecule has 0 aromatic heterocycles. The van der Waals surface area contributed by atoms with Gasteiger partial charge in [-0.05, 0) is 77.5 Å². The molecule has 5 nitrogen and oxygen atoms in total. The number of amides is 1. The van der Waals surface area contributed by atoms with Gasteiger partial charge in [0.05, 0.1) is 32.1 Å². The topological polar surface area (TPSA) is 42.0 Å². The number of hydrogen-bond acceptors (Lipinski definition) is 4. The predicted molar refractivity (Wildman–Crippen MR) is 140 cm³/mol. The van der Waals surface area contributed by atoms with Gasteiger partial charge in [-0.25, -0.2) is 0 Å². The summed E-state index contributed by atoms with van der Waals surface area (Å²) in [5, 5.41) is 0. The van der Waals surface area contributed by atoms with Gasteiger partial charge in [-0.15, -0.1) is 0 Å². The first-order chi connectivity index (χ1) is 17.1. The van der Waals surface area contributed by atoms with Gasteiger partial charge in [0.15, 0.2) is 0 Å². The third-order valence-corrected chi connectivity index (χ3v) is 7.23. The number of benzene rings is 1. The molecule has 4 heterocycles. The van der Waals surface area contributed by atoms with E-state index in [4.69, 9.17) is 9.47 Å². The summed E-state index contributed by atoms with van der Waals surface area (Å²) >= 11 is 0. The highest BCUT2D eigenvalue weighted by Gasteiger charge is 2.29. The Hall–Kier alpha value is -3.15. The Kier molecular flexibility index (Phi) is 6.89. The molecule has 0 radical (unpaired) electrons. The van der Waals surface area contributed by atoms with Crippen molar-refractivity contribution in [3.8, 4) is 5.75 Å². The molecule has 35 heavy (non-hydrogen) atoms. The molecule has 0 N–H and O–H groups in total. The van der Waals surface area contributed by atoms with Crippen LogP contribution in [0.4, 0.5) is 0 Å². The van der Waals surface area contributed by atoms with Crippen molar-refractivity contribution in [2.45, 2.75) is 39.2 Å². The molecule has 0 spiro atoms. The number of aryl methyl sites for hydroxylation is 1. The van der Waals surface area contributed by atoms with E-state index in [9.17, 15) is 4.79 Å². The van der Waals surface area contributed by atoms with Crippen LogP contribution in [0.2, 0.25) is 0 Å². The average molecular weight is 471 g/mol. The number of allylic oxidation sites excluding steroid dienone is 7. The van der Waals surface area contributed by atoms with Crippen LogP contribution in [0.1, 0.15) is 37.8 Å². The number of hydrogen-bond donors (Lipinski definition) is 0. The lowest BCUT2D eigenvalue weighted by Crippen LogP contribution is -2.50. The SMILES string of the molecule is CCCc1cc(C2=C\C(=O)N3C=C(C4=CCN(C5COC5)CC4)C=C(C)\C3=C/C=C/2)ccc1OC. The summed E-state index contributed by atoms with van der Waals surface area (Å²) in [6.45, 7) is 7.91. The molecular formula is C30H34N2O3. The quantitative estimate of drug-likeness (QED) is 0.574. The van der Waals surface area contributed by atoms with E-state index in [0.717, 1.165) is 79.3 Å². The minimum atomic E-state index is -0.0296. The average Bonchev–Trinajstić information content (AvgIpc) is 2.82. The zero-order valence-corrected chi connectivity index (χ0v) is 20.9. The summed E-state index contributed by atoms with van der Waals surface area (Å²) in [4.78, 5) is 17.8. The van der Waals surface area contributed by atoms with Gasteiger partial charge in [-0.3, -0.25) is 14.6 Å². The maximum atomic E-state index is 13.5. The molecule has 5 heteroatoms. The van der Waals surface area contributed by atoms with Crippen LogP contribution in [-0.4, -0.2) is 55.2 Å². The van der Waals surface area contributed by atoms with E-state index in [0.29, 0.717) is 6.04 Å².